The Bertz CT molecular complexity index is 641. The second-order valence-corrected chi connectivity index (χ2v) is 6.48. The average Bonchev–Trinajstić information content (AvgIpc) is 2.47. The maximum Gasteiger partial charge on any atom is 0.330 e. The highest BCUT2D eigenvalue weighted by atomic mass is 16.5. The lowest BCUT2D eigenvalue weighted by molar-refractivity contribution is -0.134. The van der Waals surface area contributed by atoms with E-state index < -0.39 is 17.0 Å². The van der Waals surface area contributed by atoms with Crippen LogP contribution >= 0.6 is 0 Å². The van der Waals surface area contributed by atoms with Gasteiger partial charge in [-0.15, -0.1) is 12.3 Å². The largest absolute Gasteiger partial charge is 0.466 e. The molecule has 1 aliphatic carbocycles. The summed E-state index contributed by atoms with van der Waals surface area (Å²) in [6, 6.07) is 0. The molecule has 4 nitrogen and oxygen atoms in total. The number of carbonyl (C=O) groups excluding carboxylic acids is 2. The number of carbonyl (C=O) groups is 2. The van der Waals surface area contributed by atoms with Crippen molar-refractivity contribution in [1.82, 2.24) is 0 Å². The molecule has 1 rings (SSSR count). The zero-order valence-electron chi connectivity index (χ0n) is 14.4. The van der Waals surface area contributed by atoms with Crippen LogP contribution in [0.15, 0.2) is 34.9 Å². The molecule has 0 saturated heterocycles. The Morgan fingerprint density at radius 2 is 2.09 bits per heavy atom. The quantitative estimate of drug-likeness (QED) is 0.375. The van der Waals surface area contributed by atoms with Gasteiger partial charge in [0.05, 0.1) is 7.11 Å². The lowest BCUT2D eigenvalue weighted by atomic mass is 9.62. The predicted molar refractivity (Wildman–Crippen MR) is 89.4 cm³/mol. The molecule has 1 N–H and O–H groups in total. The van der Waals surface area contributed by atoms with Crippen molar-refractivity contribution in [3.05, 3.63) is 34.9 Å². The van der Waals surface area contributed by atoms with Gasteiger partial charge in [0.25, 0.3) is 0 Å². The van der Waals surface area contributed by atoms with Crippen molar-refractivity contribution in [2.75, 3.05) is 7.11 Å². The summed E-state index contributed by atoms with van der Waals surface area (Å²) in [5.41, 5.74) is -0.274. The second-order valence-electron chi connectivity index (χ2n) is 6.48. The zero-order chi connectivity index (χ0) is 17.8. The fraction of sp³-hybridized carbons (Fsp3) is 0.474. The highest BCUT2D eigenvalue weighted by Gasteiger charge is 2.49. The number of ketones is 1. The van der Waals surface area contributed by atoms with E-state index in [1.807, 2.05) is 13.8 Å². The Balaban J connectivity index is 3.33. The summed E-state index contributed by atoms with van der Waals surface area (Å²) < 4.78 is 4.58. The Morgan fingerprint density at radius 1 is 1.48 bits per heavy atom. The molecule has 1 aliphatic rings. The second kappa shape index (κ2) is 6.97. The van der Waals surface area contributed by atoms with E-state index in [1.54, 1.807) is 26.0 Å². The number of aliphatic hydroxyl groups is 1. The van der Waals surface area contributed by atoms with Gasteiger partial charge in [-0.05, 0) is 31.1 Å². The van der Waals surface area contributed by atoms with E-state index in [0.29, 0.717) is 16.7 Å². The van der Waals surface area contributed by atoms with E-state index in [-0.39, 0.29) is 18.6 Å². The number of allylic oxidation sites excluding steroid dienone is 3. The summed E-state index contributed by atoms with van der Waals surface area (Å²) in [5, 5.41) is 11.2. The molecule has 0 aromatic rings. The van der Waals surface area contributed by atoms with Crippen LogP contribution in [0.25, 0.3) is 0 Å². The average molecular weight is 316 g/mol. The number of Topliss-reactive ketones (excluding diaryl/α,β-unsaturated/α-hetero) is 1. The Labute approximate surface area is 137 Å². The number of hydrogen-bond donors (Lipinski definition) is 1. The van der Waals surface area contributed by atoms with E-state index in [2.05, 4.69) is 10.7 Å². The molecule has 23 heavy (non-hydrogen) atoms. The summed E-state index contributed by atoms with van der Waals surface area (Å²) in [6.45, 7) is 7.14. The van der Waals surface area contributed by atoms with Gasteiger partial charge in [0.1, 0.15) is 5.60 Å². The number of ether oxygens (including phenoxy) is 1. The van der Waals surface area contributed by atoms with E-state index in [9.17, 15) is 14.7 Å². The minimum atomic E-state index is -1.31. The van der Waals surface area contributed by atoms with Gasteiger partial charge in [-0.25, -0.2) is 4.79 Å². The lowest BCUT2D eigenvalue weighted by Crippen LogP contribution is -2.49. The predicted octanol–water partition coefficient (Wildman–Crippen LogP) is 2.73. The normalized spacial score (nSPS) is 24.7. The van der Waals surface area contributed by atoms with Crippen LogP contribution in [0.2, 0.25) is 0 Å². The van der Waals surface area contributed by atoms with Crippen LogP contribution < -0.4 is 0 Å². The monoisotopic (exact) mass is 316 g/mol. The van der Waals surface area contributed by atoms with E-state index in [4.69, 9.17) is 6.42 Å². The first-order valence-electron chi connectivity index (χ1n) is 7.44. The highest BCUT2D eigenvalue weighted by molar-refractivity contribution is 5.98. The van der Waals surface area contributed by atoms with E-state index in [1.165, 1.54) is 13.2 Å². The van der Waals surface area contributed by atoms with Crippen LogP contribution in [-0.2, 0) is 14.3 Å². The van der Waals surface area contributed by atoms with Crippen molar-refractivity contribution >= 4 is 11.8 Å². The zero-order valence-corrected chi connectivity index (χ0v) is 14.4. The number of hydrogen-bond acceptors (Lipinski definition) is 4. The molecule has 0 bridgehead atoms. The molecule has 0 saturated carbocycles. The number of terminal acetylenes is 1. The first kappa shape index (κ1) is 18.9. The first-order chi connectivity index (χ1) is 10.6. The van der Waals surface area contributed by atoms with Crippen LogP contribution in [0, 0.1) is 17.8 Å². The van der Waals surface area contributed by atoms with Crippen molar-refractivity contribution in [2.45, 2.75) is 46.1 Å². The third kappa shape index (κ3) is 3.80. The Hall–Kier alpha value is -2.12. The summed E-state index contributed by atoms with van der Waals surface area (Å²) in [5.74, 6) is 1.99. The fourth-order valence-electron chi connectivity index (χ4n) is 2.82. The van der Waals surface area contributed by atoms with E-state index in [0.717, 1.165) is 0 Å². The molecule has 0 heterocycles. The van der Waals surface area contributed by atoms with E-state index >= 15 is 0 Å². The van der Waals surface area contributed by atoms with Crippen molar-refractivity contribution in [2.24, 2.45) is 5.41 Å². The van der Waals surface area contributed by atoms with Gasteiger partial charge >= 0.3 is 5.97 Å². The summed E-state index contributed by atoms with van der Waals surface area (Å²) >= 11 is 0. The number of methoxy groups -OCH3 is 1. The molecular formula is C19H24O4. The van der Waals surface area contributed by atoms with Crippen LogP contribution in [0.3, 0.4) is 0 Å². The van der Waals surface area contributed by atoms with Crippen LogP contribution in [0.4, 0.5) is 0 Å². The van der Waals surface area contributed by atoms with Crippen LogP contribution in [0.5, 0.6) is 0 Å². The maximum atomic E-state index is 12.3. The molecule has 0 spiro atoms. The molecule has 0 amide bonds. The van der Waals surface area contributed by atoms with Gasteiger partial charge in [-0.1, -0.05) is 19.9 Å². The molecule has 124 valence electrons. The van der Waals surface area contributed by atoms with Gasteiger partial charge in [0.2, 0.25) is 0 Å². The minimum absolute atomic E-state index is 0.0228. The van der Waals surface area contributed by atoms with Gasteiger partial charge in [-0.2, -0.15) is 0 Å². The molecule has 0 radical (unpaired) electrons. The van der Waals surface area contributed by atoms with Crippen LogP contribution in [0.1, 0.15) is 40.5 Å². The molecule has 0 aromatic heterocycles. The van der Waals surface area contributed by atoms with Crippen molar-refractivity contribution < 1.29 is 19.4 Å². The summed E-state index contributed by atoms with van der Waals surface area (Å²) in [6.07, 6.45) is 10.4. The molecule has 0 fully saturated rings. The van der Waals surface area contributed by atoms with Gasteiger partial charge in [0.15, 0.2) is 5.78 Å². The number of esters is 1. The Morgan fingerprint density at radius 3 is 2.61 bits per heavy atom. The highest BCUT2D eigenvalue weighted by Crippen LogP contribution is 2.47. The minimum Gasteiger partial charge on any atom is -0.466 e. The number of rotatable bonds is 4. The summed E-state index contributed by atoms with van der Waals surface area (Å²) in [4.78, 5) is 23.5. The summed E-state index contributed by atoms with van der Waals surface area (Å²) in [7, 11) is 1.30. The van der Waals surface area contributed by atoms with Crippen molar-refractivity contribution in [1.29, 1.82) is 0 Å². The van der Waals surface area contributed by atoms with Crippen molar-refractivity contribution in [3.8, 4) is 12.3 Å². The topological polar surface area (TPSA) is 63.6 Å². The molecule has 0 aromatic carbocycles. The fourth-order valence-corrected chi connectivity index (χ4v) is 2.82. The molecule has 0 aliphatic heterocycles. The molecule has 0 unspecified atom stereocenters. The molecular weight excluding hydrogens is 292 g/mol. The molecule has 1 atom stereocenters. The lowest BCUT2D eigenvalue weighted by Gasteiger charge is -2.45. The van der Waals surface area contributed by atoms with Gasteiger partial charge in [-0.3, -0.25) is 4.79 Å². The standard InChI is InChI=1S/C19H24O4/c1-7-8-15-14(3)19(22,18(4,5)12-16(15)20)10-9-13(2)11-17(21)23-6/h1,9-11,22H,8,12H2,2-6H3/b10-9+,13-11-/t19-/m1/s1. The maximum absolute atomic E-state index is 12.3. The van der Waals surface area contributed by atoms with Crippen LogP contribution in [-0.4, -0.2) is 29.6 Å². The Kier molecular flexibility index (Phi) is 5.74. The third-order valence-corrected chi connectivity index (χ3v) is 4.41. The first-order valence-corrected chi connectivity index (χ1v) is 7.44. The van der Waals surface area contributed by atoms with Gasteiger partial charge < -0.3 is 9.84 Å². The van der Waals surface area contributed by atoms with Gasteiger partial charge in [0, 0.05) is 29.9 Å². The smallest absolute Gasteiger partial charge is 0.330 e. The van der Waals surface area contributed by atoms with Crippen molar-refractivity contribution in [3.63, 3.8) is 0 Å². The SMILES string of the molecule is C#CCC1=C(C)[C@](O)(/C=C/C(C)=C\C(=O)OC)C(C)(C)CC1=O. The molecule has 4 heteroatoms. The third-order valence-electron chi connectivity index (χ3n) is 4.41.